The fourth-order valence-corrected chi connectivity index (χ4v) is 1.92. The maximum atomic E-state index is 12.3. The van der Waals surface area contributed by atoms with Crippen molar-refractivity contribution in [2.45, 2.75) is 18.0 Å². The third-order valence-corrected chi connectivity index (χ3v) is 2.82. The maximum Gasteiger partial charge on any atom is 0.434 e. The maximum absolute atomic E-state index is 12.3. The van der Waals surface area contributed by atoms with E-state index in [1.807, 2.05) is 0 Å². The lowest BCUT2D eigenvalue weighted by molar-refractivity contribution is -0.143. The van der Waals surface area contributed by atoms with Crippen LogP contribution in [0.25, 0.3) is 0 Å². The first kappa shape index (κ1) is 12.0. The molecule has 0 aliphatic heterocycles. The summed E-state index contributed by atoms with van der Waals surface area (Å²) < 4.78 is 63.4. The number of rotatable bonds is 3. The van der Waals surface area contributed by atoms with Crippen LogP contribution in [0.15, 0.2) is 11.1 Å². The third-order valence-electron chi connectivity index (χ3n) is 1.43. The van der Waals surface area contributed by atoms with Crippen molar-refractivity contribution in [1.29, 1.82) is 0 Å². The standard InChI is InChI=1S/C6H7F3N2O3S/c1-2-14-15(12,13)4-3-10-11-5(4)6(7,8)9/h3H,2H2,1H3,(H,10,11). The molecule has 1 aromatic rings. The van der Waals surface area contributed by atoms with Gasteiger partial charge in [-0.2, -0.15) is 26.7 Å². The van der Waals surface area contributed by atoms with Crippen LogP contribution >= 0.6 is 0 Å². The molecule has 1 aromatic heterocycles. The average Bonchev–Trinajstić information content (AvgIpc) is 2.49. The van der Waals surface area contributed by atoms with E-state index in [4.69, 9.17) is 0 Å². The number of nitrogens with one attached hydrogen (secondary N) is 1. The van der Waals surface area contributed by atoms with Gasteiger partial charge in [0.15, 0.2) is 5.69 Å². The second-order valence-electron chi connectivity index (χ2n) is 2.47. The van der Waals surface area contributed by atoms with Crippen molar-refractivity contribution in [3.05, 3.63) is 11.9 Å². The molecule has 9 heteroatoms. The van der Waals surface area contributed by atoms with Gasteiger partial charge in [-0.25, -0.2) is 0 Å². The number of hydrogen-bond donors (Lipinski definition) is 1. The van der Waals surface area contributed by atoms with Crippen LogP contribution in [0.4, 0.5) is 13.2 Å². The van der Waals surface area contributed by atoms with Gasteiger partial charge in [0.05, 0.1) is 12.8 Å². The quantitative estimate of drug-likeness (QED) is 0.809. The zero-order valence-electron chi connectivity index (χ0n) is 7.50. The van der Waals surface area contributed by atoms with Crippen LogP contribution in [-0.2, 0) is 20.5 Å². The van der Waals surface area contributed by atoms with Gasteiger partial charge in [0.2, 0.25) is 0 Å². The molecule has 0 amide bonds. The summed E-state index contributed by atoms with van der Waals surface area (Å²) in [6, 6.07) is 0. The zero-order chi connectivity index (χ0) is 11.7. The van der Waals surface area contributed by atoms with E-state index in [9.17, 15) is 21.6 Å². The van der Waals surface area contributed by atoms with Crippen LogP contribution in [0.1, 0.15) is 12.6 Å². The predicted octanol–water partition coefficient (Wildman–Crippen LogP) is 1.15. The van der Waals surface area contributed by atoms with Crippen LogP contribution in [-0.4, -0.2) is 25.2 Å². The summed E-state index contributed by atoms with van der Waals surface area (Å²) in [6.45, 7) is 1.11. The Labute approximate surface area is 83.4 Å². The molecule has 1 rings (SSSR count). The van der Waals surface area contributed by atoms with E-state index >= 15 is 0 Å². The normalized spacial score (nSPS) is 13.1. The molecule has 86 valence electrons. The van der Waals surface area contributed by atoms with Crippen molar-refractivity contribution in [2.75, 3.05) is 6.61 Å². The number of alkyl halides is 3. The largest absolute Gasteiger partial charge is 0.434 e. The van der Waals surface area contributed by atoms with Gasteiger partial charge in [0, 0.05) is 0 Å². The van der Waals surface area contributed by atoms with Gasteiger partial charge in [0.1, 0.15) is 4.90 Å². The van der Waals surface area contributed by atoms with Crippen LogP contribution in [0.5, 0.6) is 0 Å². The molecule has 0 bridgehead atoms. The Morgan fingerprint density at radius 3 is 2.60 bits per heavy atom. The first-order valence-electron chi connectivity index (χ1n) is 3.79. The average molecular weight is 244 g/mol. The number of aromatic nitrogens is 2. The molecule has 0 radical (unpaired) electrons. The van der Waals surface area contributed by atoms with Gasteiger partial charge in [-0.05, 0) is 6.92 Å². The van der Waals surface area contributed by atoms with Crippen LogP contribution in [0, 0.1) is 0 Å². The summed E-state index contributed by atoms with van der Waals surface area (Å²) in [5, 5.41) is 4.61. The van der Waals surface area contributed by atoms with Gasteiger partial charge >= 0.3 is 16.3 Å². The zero-order valence-corrected chi connectivity index (χ0v) is 8.32. The van der Waals surface area contributed by atoms with Gasteiger partial charge in [-0.1, -0.05) is 0 Å². The van der Waals surface area contributed by atoms with E-state index in [0.29, 0.717) is 6.20 Å². The van der Waals surface area contributed by atoms with E-state index in [-0.39, 0.29) is 6.61 Å². The van der Waals surface area contributed by atoms with Gasteiger partial charge in [-0.3, -0.25) is 9.28 Å². The second-order valence-corrected chi connectivity index (χ2v) is 4.05. The SMILES string of the molecule is CCOS(=O)(=O)c1cn[nH]c1C(F)(F)F. The second kappa shape index (κ2) is 3.81. The first-order valence-corrected chi connectivity index (χ1v) is 5.20. The summed E-state index contributed by atoms with van der Waals surface area (Å²) in [5.74, 6) is 0. The lowest BCUT2D eigenvalue weighted by Gasteiger charge is -2.06. The molecular formula is C6H7F3N2O3S. The Morgan fingerprint density at radius 2 is 2.13 bits per heavy atom. The number of halogens is 3. The fraction of sp³-hybridized carbons (Fsp3) is 0.500. The summed E-state index contributed by atoms with van der Waals surface area (Å²) in [5.41, 5.74) is -1.43. The number of H-pyrrole nitrogens is 1. The Balaban J connectivity index is 3.23. The highest BCUT2D eigenvalue weighted by atomic mass is 32.2. The first-order chi connectivity index (χ1) is 6.79. The van der Waals surface area contributed by atoms with Crippen LogP contribution < -0.4 is 0 Å². The Morgan fingerprint density at radius 1 is 1.53 bits per heavy atom. The number of nitrogens with zero attached hydrogens (tertiary/aromatic N) is 1. The molecule has 5 nitrogen and oxygen atoms in total. The van der Waals surface area contributed by atoms with Crippen molar-refractivity contribution in [1.82, 2.24) is 10.2 Å². The van der Waals surface area contributed by atoms with Gasteiger partial charge in [0.25, 0.3) is 0 Å². The molecule has 0 spiro atoms. The molecule has 15 heavy (non-hydrogen) atoms. The van der Waals surface area contributed by atoms with E-state index in [0.717, 1.165) is 0 Å². The molecule has 0 aromatic carbocycles. The van der Waals surface area contributed by atoms with Gasteiger partial charge < -0.3 is 0 Å². The Hall–Kier alpha value is -1.09. The summed E-state index contributed by atoms with van der Waals surface area (Å²) >= 11 is 0. The van der Waals surface area contributed by atoms with Crippen molar-refractivity contribution in [3.63, 3.8) is 0 Å². The molecule has 1 heterocycles. The van der Waals surface area contributed by atoms with E-state index < -0.39 is 26.9 Å². The topological polar surface area (TPSA) is 72.1 Å². The van der Waals surface area contributed by atoms with E-state index in [1.165, 1.54) is 6.92 Å². The molecule has 0 saturated heterocycles. The summed E-state index contributed by atoms with van der Waals surface area (Å²) in [7, 11) is -4.39. The third kappa shape index (κ3) is 2.48. The Bertz CT molecular complexity index is 437. The fourth-order valence-electron chi connectivity index (χ4n) is 0.886. The molecule has 0 saturated carbocycles. The smallest absolute Gasteiger partial charge is 0.272 e. The molecule has 0 aliphatic carbocycles. The minimum atomic E-state index is -4.81. The highest BCUT2D eigenvalue weighted by Gasteiger charge is 2.39. The molecular weight excluding hydrogens is 237 g/mol. The van der Waals surface area contributed by atoms with Gasteiger partial charge in [-0.15, -0.1) is 0 Å². The van der Waals surface area contributed by atoms with Crippen molar-refractivity contribution in [3.8, 4) is 0 Å². The number of hydrogen-bond acceptors (Lipinski definition) is 4. The van der Waals surface area contributed by atoms with Crippen LogP contribution in [0.3, 0.4) is 0 Å². The van der Waals surface area contributed by atoms with Crippen molar-refractivity contribution < 1.29 is 25.8 Å². The minimum absolute atomic E-state index is 0.245. The lowest BCUT2D eigenvalue weighted by Crippen LogP contribution is -2.14. The van der Waals surface area contributed by atoms with E-state index in [2.05, 4.69) is 9.28 Å². The lowest BCUT2D eigenvalue weighted by atomic mass is 10.4. The van der Waals surface area contributed by atoms with Crippen LogP contribution in [0.2, 0.25) is 0 Å². The molecule has 0 atom stereocenters. The molecule has 1 N–H and O–H groups in total. The predicted molar refractivity (Wildman–Crippen MR) is 42.4 cm³/mol. The van der Waals surface area contributed by atoms with E-state index in [1.54, 1.807) is 5.10 Å². The van der Waals surface area contributed by atoms with Crippen molar-refractivity contribution >= 4 is 10.1 Å². The summed E-state index contributed by atoms with van der Waals surface area (Å²) in [4.78, 5) is -1.00. The highest BCUT2D eigenvalue weighted by molar-refractivity contribution is 7.86. The number of aromatic amines is 1. The molecule has 0 unspecified atom stereocenters. The molecule has 0 aliphatic rings. The van der Waals surface area contributed by atoms with Crippen molar-refractivity contribution in [2.24, 2.45) is 0 Å². The summed E-state index contributed by atoms with van der Waals surface area (Å²) in [6.07, 6.45) is -4.25. The molecule has 0 fully saturated rings. The minimum Gasteiger partial charge on any atom is -0.272 e. The highest BCUT2D eigenvalue weighted by Crippen LogP contribution is 2.32. The monoisotopic (exact) mass is 244 g/mol. The Kier molecular flexibility index (Phi) is 3.05.